The van der Waals surface area contributed by atoms with E-state index in [0.29, 0.717) is 48.6 Å². The Morgan fingerprint density at radius 2 is 1.45 bits per heavy atom. The van der Waals surface area contributed by atoms with Crippen molar-refractivity contribution in [3.8, 4) is 0 Å². The highest BCUT2D eigenvalue weighted by Gasteiger charge is 2.47. The minimum atomic E-state index is -5.22. The van der Waals surface area contributed by atoms with Gasteiger partial charge >= 0.3 is 42.0 Å². The van der Waals surface area contributed by atoms with Crippen LogP contribution in [0.4, 0.5) is 22.0 Å². The molecule has 0 aliphatic carbocycles. The van der Waals surface area contributed by atoms with E-state index in [0.717, 1.165) is 7.11 Å². The quantitative estimate of drug-likeness (QED) is 0.0960. The van der Waals surface area contributed by atoms with Gasteiger partial charge in [-0.15, -0.1) is 0 Å². The van der Waals surface area contributed by atoms with Crippen molar-refractivity contribution in [2.24, 2.45) is 5.73 Å². The molecule has 1 aliphatic rings. The number of hydrogen-bond donors (Lipinski definition) is 6. The van der Waals surface area contributed by atoms with E-state index in [2.05, 4.69) is 10.3 Å². The minimum Gasteiger partial charge on any atom is -0.478 e. The van der Waals surface area contributed by atoms with Gasteiger partial charge in [-0.3, -0.25) is 0 Å². The number of hydrogen-bond acceptors (Lipinski definition) is 11. The SMILES string of the molecule is COC(=O)C1=C(CF)NC(Cn2cnc(CCN)c2)=C(C(=O)OC(C)C)C1c1c(F)ccc(Cl)c1C(F)(F)F.O=C(O)C=CC(=O)O.O=C(O)C=CC(=O)O. The first-order chi connectivity index (χ1) is 25.6. The number of halogens is 6. The van der Waals surface area contributed by atoms with Crippen LogP contribution in [-0.2, 0) is 57.4 Å². The summed E-state index contributed by atoms with van der Waals surface area (Å²) in [7, 11) is 0.914. The second-order valence-corrected chi connectivity index (χ2v) is 11.2. The van der Waals surface area contributed by atoms with Crippen LogP contribution in [0.3, 0.4) is 0 Å². The molecular weight excluding hydrogens is 775 g/mol. The monoisotopic (exact) mass is 808 g/mol. The molecule has 0 saturated heterocycles. The molecule has 2 aromatic rings. The number of carbonyl (C=O) groups excluding carboxylic acids is 2. The van der Waals surface area contributed by atoms with Crippen LogP contribution < -0.4 is 11.1 Å². The third-order valence-corrected chi connectivity index (χ3v) is 6.82. The normalized spacial score (nSPS) is 14.1. The molecular formula is C33H34ClF5N4O12. The molecule has 1 aromatic heterocycles. The van der Waals surface area contributed by atoms with Gasteiger partial charge in [-0.2, -0.15) is 13.2 Å². The zero-order chi connectivity index (χ0) is 42.2. The van der Waals surface area contributed by atoms with Crippen LogP contribution in [0.2, 0.25) is 5.02 Å². The Balaban J connectivity index is 0.000000787. The van der Waals surface area contributed by atoms with E-state index < -0.39 is 99.5 Å². The van der Waals surface area contributed by atoms with E-state index in [1.807, 2.05) is 0 Å². The lowest BCUT2D eigenvalue weighted by Gasteiger charge is -2.33. The highest BCUT2D eigenvalue weighted by atomic mass is 35.5. The molecule has 3 rings (SSSR count). The molecule has 16 nitrogen and oxygen atoms in total. The maximum Gasteiger partial charge on any atom is 0.418 e. The number of nitrogens with two attached hydrogens (primary N) is 1. The third kappa shape index (κ3) is 14.7. The van der Waals surface area contributed by atoms with Gasteiger partial charge in [0.05, 0.1) is 65.1 Å². The Morgan fingerprint density at radius 3 is 1.87 bits per heavy atom. The number of methoxy groups -OCH3 is 1. The maximum absolute atomic E-state index is 15.4. The first-order valence-corrected chi connectivity index (χ1v) is 15.6. The van der Waals surface area contributed by atoms with E-state index in [4.69, 9.17) is 47.2 Å². The Kier molecular flexibility index (Phi) is 18.4. The first kappa shape index (κ1) is 46.9. The van der Waals surface area contributed by atoms with Crippen molar-refractivity contribution >= 4 is 47.4 Å². The van der Waals surface area contributed by atoms with Gasteiger partial charge in [-0.25, -0.2) is 42.5 Å². The summed E-state index contributed by atoms with van der Waals surface area (Å²) in [6.07, 6.45) is -0.390. The fourth-order valence-corrected chi connectivity index (χ4v) is 4.85. The van der Waals surface area contributed by atoms with E-state index in [-0.39, 0.29) is 18.8 Å². The van der Waals surface area contributed by atoms with Crippen LogP contribution in [0.15, 0.2) is 71.5 Å². The summed E-state index contributed by atoms with van der Waals surface area (Å²) in [5.41, 5.74) is 1.41. The Bertz CT molecular complexity index is 1820. The van der Waals surface area contributed by atoms with E-state index in [9.17, 15) is 46.3 Å². The number of carbonyl (C=O) groups is 6. The van der Waals surface area contributed by atoms with Crippen LogP contribution in [0.25, 0.3) is 0 Å². The highest BCUT2D eigenvalue weighted by Crippen LogP contribution is 2.48. The summed E-state index contributed by atoms with van der Waals surface area (Å²) in [6.45, 7) is 1.63. The number of aliphatic carboxylic acids is 4. The molecule has 300 valence electrons. The van der Waals surface area contributed by atoms with Gasteiger partial charge in [0.25, 0.3) is 0 Å². The molecule has 0 amide bonds. The zero-order valence-corrected chi connectivity index (χ0v) is 29.7. The van der Waals surface area contributed by atoms with Gasteiger partial charge in [0, 0.05) is 48.2 Å². The number of benzene rings is 1. The van der Waals surface area contributed by atoms with Gasteiger partial charge in [0.2, 0.25) is 0 Å². The second-order valence-electron chi connectivity index (χ2n) is 10.8. The first-order valence-electron chi connectivity index (χ1n) is 15.2. The molecule has 1 unspecified atom stereocenters. The topological polar surface area (TPSA) is 258 Å². The van der Waals surface area contributed by atoms with Gasteiger partial charge in [-0.1, -0.05) is 11.6 Å². The lowest BCUT2D eigenvalue weighted by Crippen LogP contribution is -2.37. The lowest BCUT2D eigenvalue weighted by atomic mass is 9.77. The number of carboxylic acids is 4. The summed E-state index contributed by atoms with van der Waals surface area (Å²) in [5.74, 6) is -11.0. The number of rotatable bonds is 13. The summed E-state index contributed by atoms with van der Waals surface area (Å²) in [5, 5.41) is 33.0. The largest absolute Gasteiger partial charge is 0.478 e. The van der Waals surface area contributed by atoms with Crippen molar-refractivity contribution in [1.82, 2.24) is 14.9 Å². The smallest absolute Gasteiger partial charge is 0.418 e. The van der Waals surface area contributed by atoms with Gasteiger partial charge < -0.3 is 45.5 Å². The molecule has 0 fully saturated rings. The molecule has 0 bridgehead atoms. The predicted molar refractivity (Wildman–Crippen MR) is 179 cm³/mol. The van der Waals surface area contributed by atoms with Crippen molar-refractivity contribution < 1.29 is 80.6 Å². The number of nitrogens with one attached hydrogen (secondary N) is 1. The molecule has 0 radical (unpaired) electrons. The summed E-state index contributed by atoms with van der Waals surface area (Å²) in [4.78, 5) is 68.7. The number of alkyl halides is 4. The van der Waals surface area contributed by atoms with Gasteiger partial charge in [-0.05, 0) is 32.5 Å². The number of esters is 2. The molecule has 0 spiro atoms. The van der Waals surface area contributed by atoms with Crippen molar-refractivity contribution in [3.63, 3.8) is 0 Å². The number of allylic oxidation sites excluding steroid dienone is 2. The second kappa shape index (κ2) is 21.6. The maximum atomic E-state index is 15.4. The third-order valence-electron chi connectivity index (χ3n) is 6.51. The summed E-state index contributed by atoms with van der Waals surface area (Å²) >= 11 is 5.88. The van der Waals surface area contributed by atoms with Gasteiger partial charge in [0.1, 0.15) is 12.5 Å². The number of imidazole rings is 1. The lowest BCUT2D eigenvalue weighted by molar-refractivity contribution is -0.144. The van der Waals surface area contributed by atoms with Crippen molar-refractivity contribution in [3.05, 3.63) is 99.2 Å². The Hall–Kier alpha value is -6.09. The molecule has 2 heterocycles. The van der Waals surface area contributed by atoms with Crippen molar-refractivity contribution in [2.75, 3.05) is 20.3 Å². The van der Waals surface area contributed by atoms with Crippen LogP contribution in [-0.4, -0.2) is 92.2 Å². The van der Waals surface area contributed by atoms with Crippen molar-refractivity contribution in [1.29, 1.82) is 0 Å². The molecule has 1 aliphatic heterocycles. The van der Waals surface area contributed by atoms with Crippen LogP contribution in [0.5, 0.6) is 0 Å². The van der Waals surface area contributed by atoms with E-state index >= 15 is 4.39 Å². The molecule has 0 saturated carbocycles. The van der Waals surface area contributed by atoms with E-state index in [1.165, 1.54) is 24.7 Å². The number of nitrogens with zero attached hydrogens (tertiary/aromatic N) is 2. The summed E-state index contributed by atoms with van der Waals surface area (Å²) < 4.78 is 84.0. The fourth-order valence-electron chi connectivity index (χ4n) is 4.57. The van der Waals surface area contributed by atoms with Crippen molar-refractivity contribution in [2.45, 2.75) is 45.0 Å². The molecule has 1 atom stereocenters. The number of aromatic nitrogens is 2. The Morgan fingerprint density at radius 1 is 0.945 bits per heavy atom. The number of dihydropyridines is 1. The zero-order valence-electron chi connectivity index (χ0n) is 28.9. The number of ether oxygens (including phenoxy) is 2. The highest BCUT2D eigenvalue weighted by molar-refractivity contribution is 6.31. The Labute approximate surface area is 313 Å². The molecule has 22 heteroatoms. The fraction of sp³-hybridized carbons (Fsp3) is 0.303. The van der Waals surface area contributed by atoms with Crippen LogP contribution in [0.1, 0.15) is 36.6 Å². The van der Waals surface area contributed by atoms with Crippen LogP contribution >= 0.6 is 11.6 Å². The summed E-state index contributed by atoms with van der Waals surface area (Å²) in [6, 6.07) is 1.36. The van der Waals surface area contributed by atoms with E-state index in [1.54, 1.807) is 6.20 Å². The number of carboxylic acid groups (broad SMARTS) is 4. The molecule has 55 heavy (non-hydrogen) atoms. The average molecular weight is 809 g/mol. The standard InChI is InChI=1S/C25H26ClF5N4O4.2C4H4O4/c1-12(2)39-24(37)20-17(10-35-9-13(6-7-32)33-11-35)34-16(8-27)19(23(36)38-3)21(20)18-15(28)5-4-14(26)22(18)25(29,30)31;2*5-3(6)1-2-4(7)8/h4-5,9,11-12,21,34H,6-8,10,32H2,1-3H3;2*1-2H,(H,5,6)(H,7,8). The predicted octanol–water partition coefficient (Wildman–Crippen LogP) is 3.61. The molecule has 1 aromatic carbocycles. The van der Waals surface area contributed by atoms with Gasteiger partial charge in [0.15, 0.2) is 0 Å². The molecule has 7 N–H and O–H groups in total. The average Bonchev–Trinajstić information content (AvgIpc) is 3.52. The van der Waals surface area contributed by atoms with Crippen LogP contribution in [0, 0.1) is 5.82 Å². The minimum absolute atomic E-state index is 0.143.